The molecule has 0 atom stereocenters. The fourth-order valence-electron chi connectivity index (χ4n) is 0.584. The maximum Gasteiger partial charge on any atom is 0.307 e. The molecule has 0 aromatic heterocycles. The van der Waals surface area contributed by atoms with Crippen LogP contribution in [0.15, 0.2) is 0 Å². The van der Waals surface area contributed by atoms with Crippen molar-refractivity contribution < 1.29 is 9.53 Å². The molecule has 12 heavy (non-hydrogen) atoms. The zero-order valence-corrected chi connectivity index (χ0v) is 8.81. The average Bonchev–Trinajstić information content (AvgIpc) is 1.88. The molecule has 0 aliphatic heterocycles. The van der Waals surface area contributed by atoms with E-state index in [0.717, 1.165) is 0 Å². The van der Waals surface area contributed by atoms with Crippen LogP contribution in [0.3, 0.4) is 0 Å². The normalized spacial score (nSPS) is 9.83. The Balaban J connectivity index is 0. The van der Waals surface area contributed by atoms with Crippen molar-refractivity contribution in [2.45, 2.75) is 46.6 Å². The molecule has 0 aliphatic rings. The largest absolute Gasteiger partial charge is 0.466 e. The van der Waals surface area contributed by atoms with Crippen molar-refractivity contribution in [2.75, 3.05) is 6.61 Å². The summed E-state index contributed by atoms with van der Waals surface area (Å²) >= 11 is 0. The van der Waals surface area contributed by atoms with E-state index in [9.17, 15) is 4.79 Å². The van der Waals surface area contributed by atoms with Crippen LogP contribution in [0.4, 0.5) is 0 Å². The number of hydrogen-bond donors (Lipinski definition) is 1. The summed E-state index contributed by atoms with van der Waals surface area (Å²) in [6.07, 6.45) is 0.279. The highest BCUT2D eigenvalue weighted by Gasteiger charge is 2.16. The summed E-state index contributed by atoms with van der Waals surface area (Å²) in [6.45, 7) is 9.80. The topological polar surface area (TPSA) is 52.3 Å². The second-order valence-electron chi connectivity index (χ2n) is 2.97. The molecule has 0 rings (SSSR count). The lowest BCUT2D eigenvalue weighted by Crippen LogP contribution is -2.35. The van der Waals surface area contributed by atoms with Gasteiger partial charge in [-0.1, -0.05) is 13.8 Å². The quantitative estimate of drug-likeness (QED) is 0.664. The van der Waals surface area contributed by atoms with Gasteiger partial charge in [-0.05, 0) is 20.8 Å². The molecule has 0 radical (unpaired) electrons. The van der Waals surface area contributed by atoms with Gasteiger partial charge in [-0.2, -0.15) is 0 Å². The highest BCUT2D eigenvalue weighted by molar-refractivity contribution is 5.70. The second-order valence-corrected chi connectivity index (χ2v) is 2.97. The first kappa shape index (κ1) is 14.0. The lowest BCUT2D eigenvalue weighted by atomic mass is 10.0. The van der Waals surface area contributed by atoms with Crippen LogP contribution in [0.25, 0.3) is 0 Å². The minimum absolute atomic E-state index is 0.227. The number of hydrogen-bond acceptors (Lipinski definition) is 3. The summed E-state index contributed by atoms with van der Waals surface area (Å²) in [4.78, 5) is 10.8. The Morgan fingerprint density at radius 1 is 1.42 bits per heavy atom. The minimum atomic E-state index is -0.452. The Morgan fingerprint density at radius 3 is 2.08 bits per heavy atom. The third kappa shape index (κ3) is 12.1. The van der Waals surface area contributed by atoms with E-state index in [0.29, 0.717) is 6.61 Å². The highest BCUT2D eigenvalue weighted by Crippen LogP contribution is 2.03. The number of rotatable bonds is 3. The van der Waals surface area contributed by atoms with Crippen molar-refractivity contribution in [3.05, 3.63) is 0 Å². The Morgan fingerprint density at radius 2 is 1.83 bits per heavy atom. The van der Waals surface area contributed by atoms with E-state index in [4.69, 9.17) is 10.5 Å². The average molecular weight is 175 g/mol. The lowest BCUT2D eigenvalue weighted by Gasteiger charge is -2.16. The van der Waals surface area contributed by atoms with Gasteiger partial charge in [0.05, 0.1) is 13.0 Å². The van der Waals surface area contributed by atoms with E-state index in [-0.39, 0.29) is 12.4 Å². The van der Waals surface area contributed by atoms with Crippen LogP contribution >= 0.6 is 0 Å². The number of nitrogens with two attached hydrogens (primary N) is 1. The summed E-state index contributed by atoms with van der Waals surface area (Å²) in [6, 6.07) is 0. The molecular formula is C9H21NO2. The van der Waals surface area contributed by atoms with Crippen LogP contribution in [-0.4, -0.2) is 18.1 Å². The summed E-state index contributed by atoms with van der Waals surface area (Å²) in [7, 11) is 0. The van der Waals surface area contributed by atoms with Crippen molar-refractivity contribution in [3.63, 3.8) is 0 Å². The maximum atomic E-state index is 10.8. The molecule has 0 aliphatic carbocycles. The van der Waals surface area contributed by atoms with E-state index in [1.54, 1.807) is 20.8 Å². The molecule has 0 fully saturated rings. The molecule has 0 spiro atoms. The fraction of sp³-hybridized carbons (Fsp3) is 0.889. The molecule has 74 valence electrons. The van der Waals surface area contributed by atoms with Crippen molar-refractivity contribution in [1.29, 1.82) is 0 Å². The van der Waals surface area contributed by atoms with Gasteiger partial charge in [-0.15, -0.1) is 0 Å². The van der Waals surface area contributed by atoms with Gasteiger partial charge in [-0.25, -0.2) is 0 Å². The van der Waals surface area contributed by atoms with E-state index in [1.165, 1.54) is 0 Å². The molecule has 0 amide bonds. The van der Waals surface area contributed by atoms with Crippen molar-refractivity contribution in [3.8, 4) is 0 Å². The molecule has 3 heteroatoms. The molecule has 2 N–H and O–H groups in total. The van der Waals surface area contributed by atoms with Gasteiger partial charge in [-0.3, -0.25) is 4.79 Å². The summed E-state index contributed by atoms with van der Waals surface area (Å²) in [5.74, 6) is -0.227. The SMILES string of the molecule is CC.CCOC(=O)CC(C)(C)N. The summed E-state index contributed by atoms with van der Waals surface area (Å²) < 4.78 is 4.70. The number of esters is 1. The van der Waals surface area contributed by atoms with Gasteiger partial charge in [0.2, 0.25) is 0 Å². The van der Waals surface area contributed by atoms with Gasteiger partial charge < -0.3 is 10.5 Å². The van der Waals surface area contributed by atoms with Crippen LogP contribution in [0.2, 0.25) is 0 Å². The Hall–Kier alpha value is -0.570. The predicted molar refractivity (Wildman–Crippen MR) is 50.9 cm³/mol. The molecule has 0 heterocycles. The smallest absolute Gasteiger partial charge is 0.307 e. The molecular weight excluding hydrogens is 154 g/mol. The fourth-order valence-corrected chi connectivity index (χ4v) is 0.584. The molecule has 3 nitrogen and oxygen atoms in total. The first-order valence-corrected chi connectivity index (χ1v) is 4.40. The van der Waals surface area contributed by atoms with E-state index in [2.05, 4.69) is 0 Å². The lowest BCUT2D eigenvalue weighted by molar-refractivity contribution is -0.144. The Bertz CT molecular complexity index is 116. The number of carbonyl (C=O) groups excluding carboxylic acids is 1. The van der Waals surface area contributed by atoms with Gasteiger partial charge >= 0.3 is 5.97 Å². The van der Waals surface area contributed by atoms with Crippen LogP contribution in [0.1, 0.15) is 41.0 Å². The van der Waals surface area contributed by atoms with E-state index in [1.807, 2.05) is 13.8 Å². The third-order valence-electron chi connectivity index (χ3n) is 0.905. The van der Waals surface area contributed by atoms with Gasteiger partial charge in [0.1, 0.15) is 0 Å². The Labute approximate surface area is 75.3 Å². The zero-order chi connectivity index (χ0) is 10.2. The maximum absolute atomic E-state index is 10.8. The third-order valence-corrected chi connectivity index (χ3v) is 0.905. The van der Waals surface area contributed by atoms with Crippen LogP contribution < -0.4 is 5.73 Å². The first-order chi connectivity index (χ1) is 5.45. The predicted octanol–water partition coefficient (Wildman–Crippen LogP) is 1.70. The standard InChI is InChI=1S/C7H15NO2.C2H6/c1-4-10-6(9)5-7(2,3)8;1-2/h4-5,8H2,1-3H3;1-2H3. The van der Waals surface area contributed by atoms with Crippen molar-refractivity contribution >= 4 is 5.97 Å². The van der Waals surface area contributed by atoms with Crippen molar-refractivity contribution in [2.24, 2.45) is 5.73 Å². The molecule has 0 unspecified atom stereocenters. The van der Waals surface area contributed by atoms with Gasteiger partial charge in [0, 0.05) is 5.54 Å². The summed E-state index contributed by atoms with van der Waals surface area (Å²) in [5.41, 5.74) is 5.11. The van der Waals surface area contributed by atoms with Gasteiger partial charge in [0.25, 0.3) is 0 Å². The number of carbonyl (C=O) groups is 1. The number of ether oxygens (including phenoxy) is 1. The zero-order valence-electron chi connectivity index (χ0n) is 8.81. The van der Waals surface area contributed by atoms with Crippen LogP contribution in [-0.2, 0) is 9.53 Å². The molecule has 0 aromatic rings. The van der Waals surface area contributed by atoms with E-state index < -0.39 is 5.54 Å². The van der Waals surface area contributed by atoms with Gasteiger partial charge in [0.15, 0.2) is 0 Å². The summed E-state index contributed by atoms with van der Waals surface area (Å²) in [5, 5.41) is 0. The monoisotopic (exact) mass is 175 g/mol. The first-order valence-electron chi connectivity index (χ1n) is 4.40. The van der Waals surface area contributed by atoms with Crippen LogP contribution in [0.5, 0.6) is 0 Å². The Kier molecular flexibility index (Phi) is 8.27. The molecule has 0 saturated heterocycles. The van der Waals surface area contributed by atoms with Crippen molar-refractivity contribution in [1.82, 2.24) is 0 Å². The molecule has 0 aromatic carbocycles. The second kappa shape index (κ2) is 7.10. The highest BCUT2D eigenvalue weighted by atomic mass is 16.5. The minimum Gasteiger partial charge on any atom is -0.466 e. The molecule has 0 saturated carbocycles. The molecule has 0 bridgehead atoms. The van der Waals surface area contributed by atoms with Crippen LogP contribution in [0, 0.1) is 0 Å². The van der Waals surface area contributed by atoms with E-state index >= 15 is 0 Å².